The molecule has 1 N–H and O–H groups in total. The number of fused-ring (bicyclic) bond motifs is 8. The molecule has 1 saturated carbocycles. The molecule has 1 aliphatic heterocycles. The molecule has 254 valence electrons. The van der Waals surface area contributed by atoms with E-state index in [-0.39, 0.29) is 17.0 Å². The van der Waals surface area contributed by atoms with Gasteiger partial charge in [-0.2, -0.15) is 0 Å². The normalized spacial score (nSPS) is 26.5. The average molecular weight is 666 g/mol. The van der Waals surface area contributed by atoms with Crippen LogP contribution in [0.2, 0.25) is 0 Å². The number of benzene rings is 4. The summed E-state index contributed by atoms with van der Waals surface area (Å²) in [5, 5.41) is 3.67. The lowest BCUT2D eigenvalue weighted by Crippen LogP contribution is -2.34. The van der Waals surface area contributed by atoms with Gasteiger partial charge in [-0.25, -0.2) is 9.98 Å². The summed E-state index contributed by atoms with van der Waals surface area (Å²) in [6, 6.07) is 36.3. The second kappa shape index (κ2) is 11.9. The van der Waals surface area contributed by atoms with E-state index in [0.29, 0.717) is 17.8 Å². The largest absolute Gasteiger partial charge is 0.344 e. The number of allylic oxidation sites excluding steroid dienone is 4. The molecular weight excluding hydrogens is 619 g/mol. The zero-order valence-electron chi connectivity index (χ0n) is 29.9. The maximum Gasteiger partial charge on any atom is 0.159 e. The average Bonchev–Trinajstić information content (AvgIpc) is 3.59. The van der Waals surface area contributed by atoms with Gasteiger partial charge >= 0.3 is 0 Å². The number of aliphatic imine (C=N–C) groups is 2. The first-order valence-electron chi connectivity index (χ1n) is 19.4. The van der Waals surface area contributed by atoms with Crippen LogP contribution in [-0.4, -0.2) is 11.7 Å². The van der Waals surface area contributed by atoms with Crippen LogP contribution in [0.1, 0.15) is 117 Å². The van der Waals surface area contributed by atoms with Gasteiger partial charge in [0.1, 0.15) is 12.0 Å². The molecule has 4 aromatic carbocycles. The van der Waals surface area contributed by atoms with Crippen molar-refractivity contribution in [3.8, 4) is 11.1 Å². The predicted octanol–water partition coefficient (Wildman–Crippen LogP) is 11.4. The highest BCUT2D eigenvalue weighted by molar-refractivity contribution is 6.14. The molecule has 0 bridgehead atoms. The van der Waals surface area contributed by atoms with Crippen molar-refractivity contribution >= 4 is 11.7 Å². The van der Waals surface area contributed by atoms with Crippen molar-refractivity contribution in [2.75, 3.05) is 0 Å². The third-order valence-corrected chi connectivity index (χ3v) is 13.4. The molecule has 4 unspecified atom stereocenters. The SMILES string of the molecule is CC1(C)c2ccccc2C2C=C3C(CC21)c1c(-c2ccc(C4=NC(C5=CCCC=C5)=NC(c5ccccc5)N4)cc2)cccc1C31CCCCC1. The monoisotopic (exact) mass is 665 g/mol. The minimum Gasteiger partial charge on any atom is -0.344 e. The Kier molecular flexibility index (Phi) is 7.24. The van der Waals surface area contributed by atoms with Gasteiger partial charge in [0.15, 0.2) is 5.84 Å². The molecule has 10 rings (SSSR count). The van der Waals surface area contributed by atoms with E-state index < -0.39 is 0 Å². The van der Waals surface area contributed by atoms with Crippen molar-refractivity contribution in [2.45, 2.75) is 94.0 Å². The Balaban J connectivity index is 1.04. The summed E-state index contributed by atoms with van der Waals surface area (Å²) in [7, 11) is 0. The first kappa shape index (κ1) is 31.0. The van der Waals surface area contributed by atoms with Crippen LogP contribution in [0.25, 0.3) is 11.1 Å². The third kappa shape index (κ3) is 4.84. The van der Waals surface area contributed by atoms with Gasteiger partial charge < -0.3 is 5.32 Å². The van der Waals surface area contributed by atoms with Crippen LogP contribution in [0, 0.1) is 5.92 Å². The summed E-state index contributed by atoms with van der Waals surface area (Å²) in [5.74, 6) is 3.31. The van der Waals surface area contributed by atoms with Crippen molar-refractivity contribution < 1.29 is 0 Å². The highest BCUT2D eigenvalue weighted by Gasteiger charge is 2.56. The summed E-state index contributed by atoms with van der Waals surface area (Å²) >= 11 is 0. The lowest BCUT2D eigenvalue weighted by atomic mass is 9.61. The molecule has 3 heteroatoms. The van der Waals surface area contributed by atoms with Crippen molar-refractivity contribution in [1.29, 1.82) is 0 Å². The molecule has 4 aromatic rings. The summed E-state index contributed by atoms with van der Waals surface area (Å²) in [4.78, 5) is 10.2. The van der Waals surface area contributed by atoms with E-state index in [4.69, 9.17) is 9.98 Å². The maximum absolute atomic E-state index is 5.11. The molecule has 0 aromatic heterocycles. The van der Waals surface area contributed by atoms with Gasteiger partial charge in [-0.1, -0.05) is 160 Å². The molecule has 5 aliphatic carbocycles. The topological polar surface area (TPSA) is 36.8 Å². The summed E-state index contributed by atoms with van der Waals surface area (Å²) in [5.41, 5.74) is 14.6. The third-order valence-electron chi connectivity index (χ3n) is 13.4. The Morgan fingerprint density at radius 1 is 0.745 bits per heavy atom. The second-order valence-corrected chi connectivity index (χ2v) is 16.3. The van der Waals surface area contributed by atoms with Crippen LogP contribution in [0.15, 0.2) is 142 Å². The van der Waals surface area contributed by atoms with Crippen LogP contribution in [-0.2, 0) is 10.8 Å². The molecule has 0 saturated heterocycles. The zero-order valence-corrected chi connectivity index (χ0v) is 29.9. The second-order valence-electron chi connectivity index (χ2n) is 16.3. The predicted molar refractivity (Wildman–Crippen MR) is 211 cm³/mol. The zero-order chi connectivity index (χ0) is 34.2. The molecule has 0 amide bonds. The first-order valence-corrected chi connectivity index (χ1v) is 19.4. The highest BCUT2D eigenvalue weighted by Crippen LogP contribution is 2.67. The van der Waals surface area contributed by atoms with Gasteiger partial charge in [-0.05, 0) is 82.4 Å². The molecule has 1 fully saturated rings. The fourth-order valence-corrected chi connectivity index (χ4v) is 10.9. The van der Waals surface area contributed by atoms with E-state index in [1.807, 2.05) is 0 Å². The van der Waals surface area contributed by atoms with Crippen molar-refractivity contribution in [2.24, 2.45) is 15.9 Å². The van der Waals surface area contributed by atoms with Crippen molar-refractivity contribution in [3.05, 3.63) is 166 Å². The van der Waals surface area contributed by atoms with Crippen LogP contribution in [0.5, 0.6) is 0 Å². The number of hydrogen-bond acceptors (Lipinski definition) is 3. The Hall–Kier alpha value is -4.76. The van der Waals surface area contributed by atoms with Gasteiger partial charge in [0.25, 0.3) is 0 Å². The first-order chi connectivity index (χ1) is 25.0. The van der Waals surface area contributed by atoms with Gasteiger partial charge in [0, 0.05) is 28.4 Å². The highest BCUT2D eigenvalue weighted by atomic mass is 15.2. The number of nitrogens with zero attached hydrogens (tertiary/aromatic N) is 2. The number of nitrogens with one attached hydrogen (secondary N) is 1. The lowest BCUT2D eigenvalue weighted by Gasteiger charge is -2.42. The smallest absolute Gasteiger partial charge is 0.159 e. The van der Waals surface area contributed by atoms with E-state index in [9.17, 15) is 0 Å². The van der Waals surface area contributed by atoms with Gasteiger partial charge in [0.05, 0.1) is 0 Å². The van der Waals surface area contributed by atoms with Crippen LogP contribution >= 0.6 is 0 Å². The Bertz CT molecular complexity index is 2170. The minimum atomic E-state index is -0.181. The summed E-state index contributed by atoms with van der Waals surface area (Å²) in [6.07, 6.45) is 19.2. The fraction of sp³-hybridized carbons (Fsp3) is 0.333. The standard InChI is InChI=1S/C48H47N3/c1-47(2)39-21-11-10-19-36(39)37-29-42-38(30-41(37)47)43-35(20-14-22-40(43)48(42)27-12-5-13-28-48)31-23-25-34(26-24-31)46-50-44(32-15-6-3-7-16-32)49-45(51-46)33-17-8-4-9-18-33/h3,6-8,10-11,14-26,29,37-38,41,44H,4-5,9,12-13,27-28,30H2,1-2H3,(H,49,50,51). The summed E-state index contributed by atoms with van der Waals surface area (Å²) in [6.45, 7) is 5.02. The van der Waals surface area contributed by atoms with Gasteiger partial charge in [-0.15, -0.1) is 0 Å². The fourth-order valence-electron chi connectivity index (χ4n) is 10.9. The minimum absolute atomic E-state index is 0.166. The van der Waals surface area contributed by atoms with E-state index in [1.54, 1.807) is 27.8 Å². The molecule has 1 spiro atoms. The number of amidine groups is 2. The maximum atomic E-state index is 5.11. The summed E-state index contributed by atoms with van der Waals surface area (Å²) < 4.78 is 0. The van der Waals surface area contributed by atoms with Crippen molar-refractivity contribution in [1.82, 2.24) is 5.32 Å². The molecule has 0 radical (unpaired) electrons. The van der Waals surface area contributed by atoms with E-state index in [1.165, 1.54) is 49.7 Å². The Labute approximate surface area is 303 Å². The van der Waals surface area contributed by atoms with E-state index >= 15 is 0 Å². The molecule has 1 heterocycles. The lowest BCUT2D eigenvalue weighted by molar-refractivity contribution is 0.266. The molecular formula is C48H47N3. The quantitative estimate of drug-likeness (QED) is 0.216. The molecule has 6 aliphatic rings. The van der Waals surface area contributed by atoms with Crippen LogP contribution < -0.4 is 5.32 Å². The van der Waals surface area contributed by atoms with Crippen molar-refractivity contribution in [3.63, 3.8) is 0 Å². The van der Waals surface area contributed by atoms with Gasteiger partial charge in [-0.3, -0.25) is 0 Å². The number of hydrogen-bond donors (Lipinski definition) is 1. The molecule has 3 nitrogen and oxygen atoms in total. The molecule has 4 atom stereocenters. The molecule has 51 heavy (non-hydrogen) atoms. The van der Waals surface area contributed by atoms with E-state index in [0.717, 1.165) is 41.2 Å². The Morgan fingerprint density at radius 2 is 1.51 bits per heavy atom. The van der Waals surface area contributed by atoms with Crippen LogP contribution in [0.4, 0.5) is 0 Å². The van der Waals surface area contributed by atoms with E-state index in [2.05, 4.69) is 141 Å². The van der Waals surface area contributed by atoms with Gasteiger partial charge in [0.2, 0.25) is 0 Å². The number of rotatable bonds is 4. The Morgan fingerprint density at radius 3 is 2.31 bits per heavy atom. The van der Waals surface area contributed by atoms with Crippen LogP contribution in [0.3, 0.4) is 0 Å².